The lowest BCUT2D eigenvalue weighted by atomic mass is 9.95. The predicted octanol–water partition coefficient (Wildman–Crippen LogP) is 2.01. The van der Waals surface area contributed by atoms with Gasteiger partial charge in [0, 0.05) is 19.1 Å². The van der Waals surface area contributed by atoms with Gasteiger partial charge in [0.2, 0.25) is 0 Å². The number of hydrogen-bond donors (Lipinski definition) is 1. The summed E-state index contributed by atoms with van der Waals surface area (Å²) in [7, 11) is 0. The van der Waals surface area contributed by atoms with Crippen LogP contribution in [0.3, 0.4) is 0 Å². The van der Waals surface area contributed by atoms with E-state index in [-0.39, 0.29) is 0 Å². The number of nitrogens with zero attached hydrogens (tertiary/aromatic N) is 1. The first-order chi connectivity index (χ1) is 7.35. The summed E-state index contributed by atoms with van der Waals surface area (Å²) in [6, 6.07) is 0.863. The lowest BCUT2D eigenvalue weighted by Gasteiger charge is -2.27. The highest BCUT2D eigenvalue weighted by Gasteiger charge is 2.33. The van der Waals surface area contributed by atoms with E-state index in [4.69, 9.17) is 5.73 Å². The second-order valence-corrected chi connectivity index (χ2v) is 5.16. The van der Waals surface area contributed by atoms with Crippen LogP contribution in [0.15, 0.2) is 12.7 Å². The van der Waals surface area contributed by atoms with E-state index in [1.165, 1.54) is 38.6 Å². The van der Waals surface area contributed by atoms with E-state index < -0.39 is 0 Å². The van der Waals surface area contributed by atoms with Crippen molar-refractivity contribution in [1.29, 1.82) is 0 Å². The molecule has 2 atom stereocenters. The molecular formula is C13H24N2. The first-order valence-electron chi connectivity index (χ1n) is 6.40. The van der Waals surface area contributed by atoms with Gasteiger partial charge in [0.1, 0.15) is 0 Å². The Morgan fingerprint density at radius 3 is 2.53 bits per heavy atom. The molecule has 2 unspecified atom stereocenters. The monoisotopic (exact) mass is 208 g/mol. The molecule has 0 aromatic heterocycles. The maximum atomic E-state index is 5.83. The van der Waals surface area contributed by atoms with Gasteiger partial charge in [0.25, 0.3) is 0 Å². The molecule has 0 radical (unpaired) electrons. The molecule has 2 saturated carbocycles. The summed E-state index contributed by atoms with van der Waals surface area (Å²) < 4.78 is 0. The molecule has 0 aromatic rings. The molecule has 0 amide bonds. The van der Waals surface area contributed by atoms with Gasteiger partial charge in [-0.15, -0.1) is 6.58 Å². The first kappa shape index (κ1) is 11.2. The van der Waals surface area contributed by atoms with Crippen LogP contribution in [0.1, 0.15) is 32.1 Å². The average Bonchev–Trinajstić information content (AvgIpc) is 2.99. The molecule has 2 heteroatoms. The van der Waals surface area contributed by atoms with Gasteiger partial charge in [-0.1, -0.05) is 12.5 Å². The zero-order valence-corrected chi connectivity index (χ0v) is 9.70. The molecule has 2 fully saturated rings. The molecule has 0 bridgehead atoms. The highest BCUT2D eigenvalue weighted by atomic mass is 15.2. The third kappa shape index (κ3) is 2.82. The Hall–Kier alpha value is -0.340. The Morgan fingerprint density at radius 2 is 1.93 bits per heavy atom. The van der Waals surface area contributed by atoms with Crippen molar-refractivity contribution >= 4 is 0 Å². The number of hydrogen-bond acceptors (Lipinski definition) is 2. The fourth-order valence-corrected chi connectivity index (χ4v) is 2.94. The van der Waals surface area contributed by atoms with Gasteiger partial charge in [0.15, 0.2) is 0 Å². The summed E-state index contributed by atoms with van der Waals surface area (Å²) in [5.41, 5.74) is 5.83. The Morgan fingerprint density at radius 1 is 1.20 bits per heavy atom. The van der Waals surface area contributed by atoms with Crippen molar-refractivity contribution in [2.75, 3.05) is 19.6 Å². The van der Waals surface area contributed by atoms with Gasteiger partial charge in [-0.05, 0) is 44.1 Å². The van der Waals surface area contributed by atoms with Crippen molar-refractivity contribution in [3.63, 3.8) is 0 Å². The van der Waals surface area contributed by atoms with Crippen LogP contribution in [0.4, 0.5) is 0 Å². The standard InChI is InChI=1S/C13H24N2/c1-2-8-15(13-6-7-13)10-12-5-3-4-11(12)9-14/h2,11-13H,1,3-10,14H2. The highest BCUT2D eigenvalue weighted by molar-refractivity contribution is 4.91. The minimum Gasteiger partial charge on any atom is -0.330 e. The molecule has 2 nitrogen and oxygen atoms in total. The maximum Gasteiger partial charge on any atom is 0.0163 e. The van der Waals surface area contributed by atoms with E-state index in [9.17, 15) is 0 Å². The van der Waals surface area contributed by atoms with Crippen LogP contribution >= 0.6 is 0 Å². The van der Waals surface area contributed by atoms with Gasteiger partial charge in [-0.25, -0.2) is 0 Å². The quantitative estimate of drug-likeness (QED) is 0.677. The van der Waals surface area contributed by atoms with E-state index in [0.717, 1.165) is 31.0 Å². The molecular weight excluding hydrogens is 184 g/mol. The van der Waals surface area contributed by atoms with Crippen LogP contribution in [0.5, 0.6) is 0 Å². The van der Waals surface area contributed by atoms with Crippen molar-refractivity contribution in [1.82, 2.24) is 4.90 Å². The third-order valence-corrected chi connectivity index (χ3v) is 4.02. The zero-order chi connectivity index (χ0) is 10.7. The average molecular weight is 208 g/mol. The van der Waals surface area contributed by atoms with E-state index in [1.807, 2.05) is 6.08 Å². The topological polar surface area (TPSA) is 29.3 Å². The molecule has 0 aromatic carbocycles. The lowest BCUT2D eigenvalue weighted by Crippen LogP contribution is -2.34. The Bertz CT molecular complexity index is 211. The van der Waals surface area contributed by atoms with Gasteiger partial charge < -0.3 is 5.73 Å². The van der Waals surface area contributed by atoms with Gasteiger partial charge in [-0.2, -0.15) is 0 Å². The van der Waals surface area contributed by atoms with Crippen LogP contribution in [0.2, 0.25) is 0 Å². The fraction of sp³-hybridized carbons (Fsp3) is 0.846. The molecule has 2 aliphatic rings. The van der Waals surface area contributed by atoms with Crippen molar-refractivity contribution in [2.24, 2.45) is 17.6 Å². The second-order valence-electron chi connectivity index (χ2n) is 5.16. The Labute approximate surface area is 93.5 Å². The van der Waals surface area contributed by atoms with Crippen molar-refractivity contribution in [2.45, 2.75) is 38.1 Å². The lowest BCUT2D eigenvalue weighted by molar-refractivity contribution is 0.216. The molecule has 0 spiro atoms. The van der Waals surface area contributed by atoms with Crippen molar-refractivity contribution in [3.05, 3.63) is 12.7 Å². The number of rotatable bonds is 6. The minimum absolute atomic E-state index is 0.788. The predicted molar refractivity (Wildman–Crippen MR) is 64.7 cm³/mol. The van der Waals surface area contributed by atoms with Crippen LogP contribution in [0, 0.1) is 11.8 Å². The Kier molecular flexibility index (Phi) is 3.81. The molecule has 15 heavy (non-hydrogen) atoms. The minimum atomic E-state index is 0.788. The largest absolute Gasteiger partial charge is 0.330 e. The highest BCUT2D eigenvalue weighted by Crippen LogP contribution is 2.34. The van der Waals surface area contributed by atoms with E-state index in [2.05, 4.69) is 11.5 Å². The molecule has 86 valence electrons. The fourth-order valence-electron chi connectivity index (χ4n) is 2.94. The Balaban J connectivity index is 1.84. The van der Waals surface area contributed by atoms with E-state index in [0.29, 0.717) is 0 Å². The van der Waals surface area contributed by atoms with Crippen LogP contribution in [0.25, 0.3) is 0 Å². The smallest absolute Gasteiger partial charge is 0.0163 e. The van der Waals surface area contributed by atoms with Gasteiger partial charge >= 0.3 is 0 Å². The summed E-state index contributed by atoms with van der Waals surface area (Å²) in [6.07, 6.45) is 8.97. The third-order valence-electron chi connectivity index (χ3n) is 4.02. The van der Waals surface area contributed by atoms with Crippen LogP contribution < -0.4 is 5.73 Å². The second kappa shape index (κ2) is 5.13. The SMILES string of the molecule is C=CCN(CC1CCCC1CN)C1CC1. The summed E-state index contributed by atoms with van der Waals surface area (Å²) in [5.74, 6) is 1.65. The summed E-state index contributed by atoms with van der Waals surface area (Å²) in [4.78, 5) is 2.62. The molecule has 0 heterocycles. The van der Waals surface area contributed by atoms with E-state index in [1.54, 1.807) is 0 Å². The number of nitrogens with two attached hydrogens (primary N) is 1. The summed E-state index contributed by atoms with van der Waals surface area (Å²) in [5, 5.41) is 0. The molecule has 2 rings (SSSR count). The van der Waals surface area contributed by atoms with Crippen molar-refractivity contribution in [3.8, 4) is 0 Å². The van der Waals surface area contributed by atoms with Crippen molar-refractivity contribution < 1.29 is 0 Å². The normalized spacial score (nSPS) is 31.1. The molecule has 0 aliphatic heterocycles. The van der Waals surface area contributed by atoms with Crippen LogP contribution in [-0.2, 0) is 0 Å². The van der Waals surface area contributed by atoms with Crippen LogP contribution in [-0.4, -0.2) is 30.6 Å². The van der Waals surface area contributed by atoms with E-state index >= 15 is 0 Å². The molecule has 2 aliphatic carbocycles. The first-order valence-corrected chi connectivity index (χ1v) is 6.40. The zero-order valence-electron chi connectivity index (χ0n) is 9.70. The molecule has 2 N–H and O–H groups in total. The van der Waals surface area contributed by atoms with Gasteiger partial charge in [0.05, 0.1) is 0 Å². The molecule has 0 saturated heterocycles. The summed E-state index contributed by atoms with van der Waals surface area (Å²) in [6.45, 7) is 7.07. The van der Waals surface area contributed by atoms with Gasteiger partial charge in [-0.3, -0.25) is 4.90 Å². The summed E-state index contributed by atoms with van der Waals surface area (Å²) >= 11 is 0. The maximum absolute atomic E-state index is 5.83.